The Balaban J connectivity index is 2.79. The van der Waals surface area contributed by atoms with Gasteiger partial charge < -0.3 is 20.6 Å². The molecule has 32 heavy (non-hydrogen) atoms. The number of hydrogen-bond acceptors (Lipinski definition) is 8. The van der Waals surface area contributed by atoms with E-state index in [2.05, 4.69) is 16.1 Å². The lowest BCUT2D eigenvalue weighted by Gasteiger charge is -2.31. The smallest absolute Gasteiger partial charge is 0.282 e. The van der Waals surface area contributed by atoms with Crippen molar-refractivity contribution in [3.8, 4) is 0 Å². The van der Waals surface area contributed by atoms with Gasteiger partial charge in [-0.2, -0.15) is 0 Å². The molecule has 1 aliphatic heterocycles. The molecule has 7 N–H and O–H groups in total. The first-order valence-electron chi connectivity index (χ1n) is 9.94. The van der Waals surface area contributed by atoms with E-state index in [1.54, 1.807) is 5.43 Å². The second-order valence-corrected chi connectivity index (χ2v) is 7.73. The van der Waals surface area contributed by atoms with E-state index < -0.39 is 59.2 Å². The normalized spacial score (nSPS) is 19.1. The first-order chi connectivity index (χ1) is 14.7. The second-order valence-electron chi connectivity index (χ2n) is 7.73. The van der Waals surface area contributed by atoms with Crippen LogP contribution in [0.3, 0.4) is 0 Å². The van der Waals surface area contributed by atoms with Crippen molar-refractivity contribution < 1.29 is 33.9 Å². The molecule has 180 valence electrons. The molecule has 1 unspecified atom stereocenters. The molecule has 1 fully saturated rings. The highest BCUT2D eigenvalue weighted by Crippen LogP contribution is 2.19. The Morgan fingerprint density at radius 2 is 1.72 bits per heavy atom. The van der Waals surface area contributed by atoms with E-state index in [1.165, 1.54) is 25.7 Å². The van der Waals surface area contributed by atoms with E-state index >= 15 is 0 Å². The van der Waals surface area contributed by atoms with Crippen LogP contribution in [0.15, 0.2) is 0 Å². The molecule has 0 radical (unpaired) electrons. The number of hydrogen-bond donors (Lipinski definition) is 6. The van der Waals surface area contributed by atoms with Crippen LogP contribution in [-0.2, 0) is 28.8 Å². The molecular weight excluding hydrogens is 426 g/mol. The van der Waals surface area contributed by atoms with Crippen LogP contribution in [0, 0.1) is 0 Å². The van der Waals surface area contributed by atoms with Gasteiger partial charge in [-0.15, -0.1) is 0 Å². The SMILES string of the molecule is CC(=O)N[C@@H](C)C(=O)N[C@@H](C)C(=O)N1CCC[C@H]1C(=O)NN(C)C(=O)C(C)(O)C(=O)NN. The van der Waals surface area contributed by atoms with E-state index in [-0.39, 0.29) is 6.54 Å². The Kier molecular flexibility index (Phi) is 9.09. The summed E-state index contributed by atoms with van der Waals surface area (Å²) in [5, 5.41) is 15.6. The third-order valence-corrected chi connectivity index (χ3v) is 4.95. The molecule has 0 bridgehead atoms. The molecule has 0 aromatic heterocycles. The Hall–Kier alpha value is -3.26. The van der Waals surface area contributed by atoms with Gasteiger partial charge in [0.1, 0.15) is 18.1 Å². The van der Waals surface area contributed by atoms with Crippen molar-refractivity contribution in [1.82, 2.24) is 31.4 Å². The van der Waals surface area contributed by atoms with Crippen LogP contribution >= 0.6 is 0 Å². The standard InChI is InChI=1S/C18H31N7O7/c1-9(20-11(3)26)13(27)21-10(2)15(29)25-8-6-7-12(25)14(28)23-24(5)17(31)18(4,32)16(30)22-19/h9-10,12,32H,6-8,19H2,1-5H3,(H,20,26)(H,21,27)(H,22,30)(H,23,28)/t9-,10-,12-,18?/m0/s1. The fourth-order valence-electron chi connectivity index (χ4n) is 3.18. The molecule has 1 rings (SSSR count). The van der Waals surface area contributed by atoms with Gasteiger partial charge in [-0.3, -0.25) is 44.6 Å². The summed E-state index contributed by atoms with van der Waals surface area (Å²) in [6.45, 7) is 5.34. The third kappa shape index (κ3) is 6.37. The highest BCUT2D eigenvalue weighted by molar-refractivity contribution is 6.07. The van der Waals surface area contributed by atoms with Gasteiger partial charge in [0.2, 0.25) is 23.3 Å². The second kappa shape index (κ2) is 10.9. The molecule has 0 spiro atoms. The number of nitrogens with one attached hydrogen (secondary N) is 4. The summed E-state index contributed by atoms with van der Waals surface area (Å²) < 4.78 is 0. The number of nitrogens with zero attached hydrogens (tertiary/aromatic N) is 2. The van der Waals surface area contributed by atoms with Crippen molar-refractivity contribution >= 4 is 35.4 Å². The zero-order valence-corrected chi connectivity index (χ0v) is 18.7. The largest absolute Gasteiger partial charge is 0.372 e. The van der Waals surface area contributed by atoms with Crippen LogP contribution in [0.4, 0.5) is 0 Å². The Bertz CT molecular complexity index is 786. The van der Waals surface area contributed by atoms with E-state index in [0.717, 1.165) is 14.0 Å². The van der Waals surface area contributed by atoms with Crippen LogP contribution in [0.2, 0.25) is 0 Å². The van der Waals surface area contributed by atoms with E-state index in [4.69, 9.17) is 5.84 Å². The number of likely N-dealkylation sites (tertiary alicyclic amines) is 1. The predicted molar refractivity (Wildman–Crippen MR) is 109 cm³/mol. The molecule has 14 heteroatoms. The van der Waals surface area contributed by atoms with Crippen molar-refractivity contribution in [3.63, 3.8) is 0 Å². The van der Waals surface area contributed by atoms with Gasteiger partial charge in [0.15, 0.2) is 0 Å². The molecule has 1 heterocycles. The van der Waals surface area contributed by atoms with Crippen molar-refractivity contribution in [2.45, 2.75) is 64.3 Å². The average molecular weight is 457 g/mol. The van der Waals surface area contributed by atoms with E-state index in [1.807, 2.05) is 0 Å². The fraction of sp³-hybridized carbons (Fsp3) is 0.667. The quantitative estimate of drug-likeness (QED) is 0.0967. The highest BCUT2D eigenvalue weighted by atomic mass is 16.3. The van der Waals surface area contributed by atoms with Crippen LogP contribution in [-0.4, -0.2) is 87.8 Å². The summed E-state index contributed by atoms with van der Waals surface area (Å²) in [7, 11) is 1.13. The Morgan fingerprint density at radius 3 is 2.25 bits per heavy atom. The number of amides is 6. The third-order valence-electron chi connectivity index (χ3n) is 4.95. The van der Waals surface area contributed by atoms with Crippen molar-refractivity contribution in [1.29, 1.82) is 0 Å². The average Bonchev–Trinajstić information content (AvgIpc) is 3.20. The van der Waals surface area contributed by atoms with E-state index in [0.29, 0.717) is 17.9 Å². The number of hydrazine groups is 2. The number of nitrogens with two attached hydrogens (primary N) is 1. The first kappa shape index (κ1) is 26.8. The minimum Gasteiger partial charge on any atom is -0.372 e. The molecule has 14 nitrogen and oxygen atoms in total. The lowest BCUT2D eigenvalue weighted by atomic mass is 10.1. The first-order valence-corrected chi connectivity index (χ1v) is 9.94. The summed E-state index contributed by atoms with van der Waals surface area (Å²) in [6.07, 6.45) is 0.819. The van der Waals surface area contributed by atoms with Gasteiger partial charge in [0.05, 0.1) is 0 Å². The fourth-order valence-corrected chi connectivity index (χ4v) is 3.18. The zero-order chi connectivity index (χ0) is 24.8. The molecule has 4 atom stereocenters. The summed E-state index contributed by atoms with van der Waals surface area (Å²) in [6, 6.07) is -2.75. The lowest BCUT2D eigenvalue weighted by Crippen LogP contribution is -2.62. The van der Waals surface area contributed by atoms with Gasteiger partial charge in [-0.05, 0) is 33.6 Å². The molecule has 0 aromatic carbocycles. The van der Waals surface area contributed by atoms with E-state index in [9.17, 15) is 33.9 Å². The summed E-state index contributed by atoms with van der Waals surface area (Å²) in [4.78, 5) is 73.8. The molecular formula is C18H31N7O7. The molecule has 6 amide bonds. The minimum atomic E-state index is -2.52. The van der Waals surface area contributed by atoms with Crippen molar-refractivity contribution in [3.05, 3.63) is 0 Å². The molecule has 0 aromatic rings. The van der Waals surface area contributed by atoms with Crippen LogP contribution in [0.5, 0.6) is 0 Å². The molecule has 1 aliphatic rings. The lowest BCUT2D eigenvalue weighted by molar-refractivity contribution is -0.163. The van der Waals surface area contributed by atoms with Crippen molar-refractivity contribution in [2.24, 2.45) is 5.84 Å². The van der Waals surface area contributed by atoms with Crippen LogP contribution in [0.25, 0.3) is 0 Å². The number of aliphatic hydroxyl groups is 1. The number of likely N-dealkylation sites (N-methyl/N-ethyl adjacent to an activating group) is 1. The summed E-state index contributed by atoms with van der Waals surface area (Å²) in [5.74, 6) is 0.444. The van der Waals surface area contributed by atoms with Gasteiger partial charge in [-0.1, -0.05) is 0 Å². The summed E-state index contributed by atoms with van der Waals surface area (Å²) in [5.41, 5.74) is 1.38. The van der Waals surface area contributed by atoms with Gasteiger partial charge >= 0.3 is 0 Å². The molecule has 1 saturated heterocycles. The monoisotopic (exact) mass is 457 g/mol. The molecule has 0 aliphatic carbocycles. The maximum atomic E-state index is 12.8. The minimum absolute atomic E-state index is 0.253. The zero-order valence-electron chi connectivity index (χ0n) is 18.7. The Labute approximate surface area is 185 Å². The summed E-state index contributed by atoms with van der Waals surface area (Å²) >= 11 is 0. The van der Waals surface area contributed by atoms with Crippen LogP contribution in [0.1, 0.15) is 40.5 Å². The van der Waals surface area contributed by atoms with Crippen molar-refractivity contribution in [2.75, 3.05) is 13.6 Å². The number of carbonyl (C=O) groups is 6. The topological polar surface area (TPSA) is 203 Å². The predicted octanol–water partition coefficient (Wildman–Crippen LogP) is -3.76. The molecule has 0 saturated carbocycles. The van der Waals surface area contributed by atoms with Gasteiger partial charge in [0, 0.05) is 20.5 Å². The highest BCUT2D eigenvalue weighted by Gasteiger charge is 2.43. The van der Waals surface area contributed by atoms with Gasteiger partial charge in [-0.25, -0.2) is 5.84 Å². The Morgan fingerprint density at radius 1 is 1.12 bits per heavy atom. The van der Waals surface area contributed by atoms with Crippen LogP contribution < -0.4 is 27.3 Å². The maximum Gasteiger partial charge on any atom is 0.282 e. The number of carbonyl (C=O) groups excluding carboxylic acids is 6. The number of rotatable bonds is 7. The maximum absolute atomic E-state index is 12.8. The van der Waals surface area contributed by atoms with Gasteiger partial charge in [0.25, 0.3) is 17.7 Å².